The van der Waals surface area contributed by atoms with Gasteiger partial charge in [-0.1, -0.05) is 6.07 Å². The number of hydrogen-bond acceptors (Lipinski definition) is 7. The van der Waals surface area contributed by atoms with E-state index in [2.05, 4.69) is 10.6 Å². The first-order valence-corrected chi connectivity index (χ1v) is 8.75. The lowest BCUT2D eigenvalue weighted by Crippen LogP contribution is -2.54. The number of nitrogens with zero attached hydrogens (tertiary/aromatic N) is 2. The molecule has 1 atom stereocenters. The van der Waals surface area contributed by atoms with Crippen LogP contribution in [-0.2, 0) is 19.2 Å². The molecule has 0 spiro atoms. The number of hydrogen-bond donors (Lipinski definition) is 3. The molecule has 0 aromatic heterocycles. The van der Waals surface area contributed by atoms with Crippen LogP contribution in [0.4, 0.5) is 5.69 Å². The maximum Gasteiger partial charge on any atom is 0.323 e. The van der Waals surface area contributed by atoms with E-state index >= 15 is 0 Å². The number of carbonyl (C=O) groups is 6. The summed E-state index contributed by atoms with van der Waals surface area (Å²) in [6.45, 7) is -0.770. The number of amides is 5. The van der Waals surface area contributed by atoms with Crippen molar-refractivity contribution in [1.29, 1.82) is 0 Å². The molecule has 1 fully saturated rings. The van der Waals surface area contributed by atoms with Crippen molar-refractivity contribution in [1.82, 2.24) is 15.1 Å². The summed E-state index contributed by atoms with van der Waals surface area (Å²) in [6.07, 6.45) is 0.0523. The average molecular weight is 402 g/mol. The Balaban J connectivity index is 1.80. The number of likely N-dealkylation sites (N-methyl/N-ethyl adjacent to an activating group) is 1. The molecule has 3 rings (SSSR count). The second-order valence-electron chi connectivity index (χ2n) is 6.67. The van der Waals surface area contributed by atoms with Gasteiger partial charge >= 0.3 is 5.97 Å². The molecule has 3 N–H and O–H groups in total. The predicted molar refractivity (Wildman–Crippen MR) is 96.9 cm³/mol. The second-order valence-corrected chi connectivity index (χ2v) is 6.67. The Kier molecular flexibility index (Phi) is 5.31. The van der Waals surface area contributed by atoms with Gasteiger partial charge in [0.15, 0.2) is 0 Å². The number of carboxylic acid groups (broad SMARTS) is 1. The summed E-state index contributed by atoms with van der Waals surface area (Å²) in [6, 6.07) is 3.37. The van der Waals surface area contributed by atoms with Crippen LogP contribution in [0.15, 0.2) is 18.2 Å². The minimum absolute atomic E-state index is 0.0132. The fourth-order valence-corrected chi connectivity index (χ4v) is 3.26. The fraction of sp³-hybridized carbons (Fsp3) is 0.333. The molecule has 1 aromatic carbocycles. The topological polar surface area (TPSA) is 153 Å². The van der Waals surface area contributed by atoms with Crippen LogP contribution in [0.5, 0.6) is 0 Å². The Morgan fingerprint density at radius 2 is 1.97 bits per heavy atom. The highest BCUT2D eigenvalue weighted by molar-refractivity contribution is 6.25. The number of carbonyl (C=O) groups excluding carboxylic acids is 5. The van der Waals surface area contributed by atoms with E-state index in [0.29, 0.717) is 0 Å². The number of carboxylic acids is 1. The Labute approximate surface area is 164 Å². The molecule has 1 unspecified atom stereocenters. The summed E-state index contributed by atoms with van der Waals surface area (Å²) in [5, 5.41) is 13.6. The molecule has 0 radical (unpaired) electrons. The number of piperidine rings is 1. The Morgan fingerprint density at radius 3 is 2.62 bits per heavy atom. The molecule has 5 amide bonds. The third-order valence-electron chi connectivity index (χ3n) is 4.70. The number of fused-ring (bicyclic) bond motifs is 1. The summed E-state index contributed by atoms with van der Waals surface area (Å²) in [5.41, 5.74) is 0.319. The van der Waals surface area contributed by atoms with Crippen molar-refractivity contribution in [3.63, 3.8) is 0 Å². The normalized spacial score (nSPS) is 18.4. The molecule has 0 aliphatic carbocycles. The van der Waals surface area contributed by atoms with E-state index in [4.69, 9.17) is 5.11 Å². The molecule has 1 aromatic rings. The first kappa shape index (κ1) is 20.0. The number of benzene rings is 1. The van der Waals surface area contributed by atoms with Gasteiger partial charge in [-0.05, 0) is 18.6 Å². The third-order valence-corrected chi connectivity index (χ3v) is 4.70. The van der Waals surface area contributed by atoms with Gasteiger partial charge in [-0.3, -0.25) is 39.0 Å². The number of aliphatic carboxylic acids is 1. The van der Waals surface area contributed by atoms with E-state index in [1.54, 1.807) is 0 Å². The summed E-state index contributed by atoms with van der Waals surface area (Å²) in [5.74, 6) is -4.22. The van der Waals surface area contributed by atoms with Gasteiger partial charge in [0.05, 0.1) is 17.7 Å². The Hall–Kier alpha value is -3.76. The molecule has 152 valence electrons. The summed E-state index contributed by atoms with van der Waals surface area (Å²) in [7, 11) is 1.33. The maximum absolute atomic E-state index is 12.9. The van der Waals surface area contributed by atoms with E-state index in [0.717, 1.165) is 9.80 Å². The van der Waals surface area contributed by atoms with Crippen LogP contribution in [-0.4, -0.2) is 76.6 Å². The van der Waals surface area contributed by atoms with Crippen LogP contribution < -0.4 is 10.6 Å². The second kappa shape index (κ2) is 7.70. The summed E-state index contributed by atoms with van der Waals surface area (Å²) >= 11 is 0. The Bertz CT molecular complexity index is 942. The standard InChI is InChI=1S/C18H18N4O7/c1-21(8-14(25)26)13(24)7-19-10-4-2-3-9-15(10)18(29)22(17(9)28)11-5-6-12(23)20-16(11)27/h2-4,11,19H,5-8H2,1H3,(H,25,26)(H,20,23,27). The first-order chi connectivity index (χ1) is 13.7. The molecular formula is C18H18N4O7. The molecule has 2 aliphatic rings. The quantitative estimate of drug-likeness (QED) is 0.515. The van der Waals surface area contributed by atoms with Crippen LogP contribution in [0.3, 0.4) is 0 Å². The molecule has 0 bridgehead atoms. The fourth-order valence-electron chi connectivity index (χ4n) is 3.26. The van der Waals surface area contributed by atoms with Crippen molar-refractivity contribution in [3.8, 4) is 0 Å². The molecule has 11 heteroatoms. The van der Waals surface area contributed by atoms with Crippen LogP contribution in [0.1, 0.15) is 33.6 Å². The zero-order chi connectivity index (χ0) is 21.3. The van der Waals surface area contributed by atoms with Gasteiger partial charge in [0.1, 0.15) is 12.6 Å². The number of nitrogens with one attached hydrogen (secondary N) is 2. The predicted octanol–water partition coefficient (Wildman–Crippen LogP) is -0.957. The van der Waals surface area contributed by atoms with Gasteiger partial charge in [-0.2, -0.15) is 0 Å². The van der Waals surface area contributed by atoms with Gasteiger partial charge in [-0.25, -0.2) is 0 Å². The van der Waals surface area contributed by atoms with Gasteiger partial charge in [0.2, 0.25) is 17.7 Å². The van der Waals surface area contributed by atoms with Crippen LogP contribution >= 0.6 is 0 Å². The zero-order valence-corrected chi connectivity index (χ0v) is 15.4. The van der Waals surface area contributed by atoms with Crippen LogP contribution in [0, 0.1) is 0 Å². The highest BCUT2D eigenvalue weighted by Gasteiger charge is 2.45. The van der Waals surface area contributed by atoms with Crippen molar-refractivity contribution in [3.05, 3.63) is 29.3 Å². The van der Waals surface area contributed by atoms with Crippen molar-refractivity contribution in [2.45, 2.75) is 18.9 Å². The van der Waals surface area contributed by atoms with Gasteiger partial charge in [0.25, 0.3) is 11.8 Å². The van der Waals surface area contributed by atoms with Crippen LogP contribution in [0.2, 0.25) is 0 Å². The number of anilines is 1. The lowest BCUT2D eigenvalue weighted by molar-refractivity contribution is -0.142. The van der Waals surface area contributed by atoms with E-state index in [1.807, 2.05) is 0 Å². The van der Waals surface area contributed by atoms with E-state index in [-0.39, 0.29) is 36.2 Å². The highest BCUT2D eigenvalue weighted by Crippen LogP contribution is 2.32. The van der Waals surface area contributed by atoms with Crippen molar-refractivity contribution < 1.29 is 33.9 Å². The Morgan fingerprint density at radius 1 is 1.24 bits per heavy atom. The van der Waals surface area contributed by atoms with E-state index < -0.39 is 48.1 Å². The largest absolute Gasteiger partial charge is 0.480 e. The van der Waals surface area contributed by atoms with Crippen molar-refractivity contribution in [2.75, 3.05) is 25.5 Å². The number of imide groups is 2. The van der Waals surface area contributed by atoms with Gasteiger partial charge in [0, 0.05) is 19.2 Å². The molecular weight excluding hydrogens is 384 g/mol. The smallest absolute Gasteiger partial charge is 0.323 e. The highest BCUT2D eigenvalue weighted by atomic mass is 16.4. The monoisotopic (exact) mass is 402 g/mol. The van der Waals surface area contributed by atoms with E-state index in [9.17, 15) is 28.8 Å². The lowest BCUT2D eigenvalue weighted by atomic mass is 10.0. The van der Waals surface area contributed by atoms with Crippen molar-refractivity contribution >= 4 is 41.2 Å². The zero-order valence-electron chi connectivity index (χ0n) is 15.4. The van der Waals surface area contributed by atoms with Gasteiger partial charge < -0.3 is 15.3 Å². The lowest BCUT2D eigenvalue weighted by Gasteiger charge is -2.27. The molecule has 0 saturated carbocycles. The maximum atomic E-state index is 12.9. The van der Waals surface area contributed by atoms with E-state index in [1.165, 1.54) is 25.2 Å². The minimum Gasteiger partial charge on any atom is -0.480 e. The molecule has 11 nitrogen and oxygen atoms in total. The minimum atomic E-state index is -1.16. The van der Waals surface area contributed by atoms with Crippen LogP contribution in [0.25, 0.3) is 0 Å². The first-order valence-electron chi connectivity index (χ1n) is 8.75. The van der Waals surface area contributed by atoms with Crippen molar-refractivity contribution in [2.24, 2.45) is 0 Å². The third kappa shape index (κ3) is 3.79. The molecule has 29 heavy (non-hydrogen) atoms. The molecule has 2 aliphatic heterocycles. The molecule has 2 heterocycles. The SMILES string of the molecule is CN(CC(=O)O)C(=O)CNc1cccc2c1C(=O)N(C1CCC(=O)NC1=O)C2=O. The number of rotatable bonds is 6. The summed E-state index contributed by atoms with van der Waals surface area (Å²) < 4.78 is 0. The molecule has 1 saturated heterocycles. The van der Waals surface area contributed by atoms with Gasteiger partial charge in [-0.15, -0.1) is 0 Å². The average Bonchev–Trinajstić information content (AvgIpc) is 2.91. The summed E-state index contributed by atoms with van der Waals surface area (Å²) in [4.78, 5) is 73.6.